The quantitative estimate of drug-likeness (QED) is 0.180. The van der Waals surface area contributed by atoms with Crippen molar-refractivity contribution in [2.45, 2.75) is 56.7 Å². The minimum absolute atomic E-state index is 0.0859. The van der Waals surface area contributed by atoms with Crippen LogP contribution in [0, 0.1) is 17.8 Å². The third-order valence-electron chi connectivity index (χ3n) is 8.41. The summed E-state index contributed by atoms with van der Waals surface area (Å²) >= 11 is 6.14. The number of amides is 2. The van der Waals surface area contributed by atoms with Crippen LogP contribution in [0.2, 0.25) is 5.02 Å². The zero-order chi connectivity index (χ0) is 31.5. The molecular weight excluding hydrogens is 602 g/mol. The number of aromatic nitrogens is 1. The van der Waals surface area contributed by atoms with Gasteiger partial charge >= 0.3 is 24.5 Å². The molecule has 0 aliphatic heterocycles. The second kappa shape index (κ2) is 13.0. The molecule has 5 atom stereocenters. The number of halogens is 5. The average molecular weight is 634 g/mol. The van der Waals surface area contributed by atoms with Crippen molar-refractivity contribution in [3.63, 3.8) is 0 Å². The number of urea groups is 1. The molecule has 5 rings (SSSR count). The van der Waals surface area contributed by atoms with Gasteiger partial charge in [0.1, 0.15) is 11.3 Å². The van der Waals surface area contributed by atoms with Gasteiger partial charge in [-0.05, 0) is 73.4 Å². The molecule has 0 radical (unpaired) electrons. The summed E-state index contributed by atoms with van der Waals surface area (Å²) in [5, 5.41) is 6.35. The predicted molar refractivity (Wildman–Crippen MR) is 155 cm³/mol. The number of nitrogens with zero attached hydrogens (tertiary/aromatic N) is 1. The van der Waals surface area contributed by atoms with Gasteiger partial charge in [-0.15, -0.1) is 0 Å². The molecule has 44 heavy (non-hydrogen) atoms. The number of carbonyl (C=O) groups excluding carboxylic acids is 2. The van der Waals surface area contributed by atoms with E-state index in [1.807, 2.05) is 18.2 Å². The summed E-state index contributed by atoms with van der Waals surface area (Å²) in [6.45, 7) is 1.95. The molecule has 12 heteroatoms. The van der Waals surface area contributed by atoms with Crippen molar-refractivity contribution in [1.29, 1.82) is 0 Å². The fraction of sp³-hybridized carbons (Fsp3) is 0.406. The maximum Gasteiger partial charge on any atom is 0.461 e. The zero-order valence-corrected chi connectivity index (χ0v) is 24.6. The number of ether oxygens (including phenoxy) is 2. The first-order chi connectivity index (χ1) is 21.0. The molecule has 2 N–H and O–H groups in total. The van der Waals surface area contributed by atoms with Crippen molar-refractivity contribution in [2.24, 2.45) is 17.8 Å². The molecule has 0 unspecified atom stereocenters. The molecule has 2 aliphatic carbocycles. The maximum atomic E-state index is 13.9. The molecular formula is C32H32ClF4N3O4. The van der Waals surface area contributed by atoms with E-state index in [1.165, 1.54) is 18.3 Å². The number of benzene rings is 2. The fourth-order valence-electron chi connectivity index (χ4n) is 6.54. The molecule has 3 aromatic rings. The Morgan fingerprint density at radius 2 is 1.80 bits per heavy atom. The Hall–Kier alpha value is -3.86. The highest BCUT2D eigenvalue weighted by molar-refractivity contribution is 6.30. The van der Waals surface area contributed by atoms with Crippen molar-refractivity contribution < 1.29 is 36.6 Å². The van der Waals surface area contributed by atoms with E-state index < -0.39 is 41.8 Å². The monoisotopic (exact) mass is 633 g/mol. The fourth-order valence-corrected chi connectivity index (χ4v) is 6.65. The first-order valence-electron chi connectivity index (χ1n) is 14.4. The predicted octanol–water partition coefficient (Wildman–Crippen LogP) is 6.74. The molecule has 2 saturated carbocycles. The Morgan fingerprint density at radius 3 is 2.48 bits per heavy atom. The minimum Gasteiger partial charge on any atom is -0.466 e. The summed E-state index contributed by atoms with van der Waals surface area (Å²) in [6.07, 6.45) is -4.81. The largest absolute Gasteiger partial charge is 0.466 e. The lowest BCUT2D eigenvalue weighted by Gasteiger charge is -2.37. The summed E-state index contributed by atoms with van der Waals surface area (Å²) in [5.41, 5.74) is -0.234. The highest BCUT2D eigenvalue weighted by Crippen LogP contribution is 2.49. The standard InChI is InChI=1S/C32H32ClF4N3O4/c1-2-43-28(41)26-20-11-12-21(15-20)27(26)39-30(42)40-31(17-19-7-4-3-5-8-19,25-14-13-23(33)18-38-25)22-9-6-10-24(16-22)44-32(36,37)29(34)35/h3-10,13-14,16,18,20-21,26-27,29H,2,11-12,15,17H2,1H3,(H2,39,40,42)/t20-,21+,26-,27+,31+/m1/s1. The normalized spacial score (nSPS) is 22.3. The Kier molecular flexibility index (Phi) is 9.34. The summed E-state index contributed by atoms with van der Waals surface area (Å²) in [5.74, 6) is -1.20. The molecule has 2 amide bonds. The van der Waals surface area contributed by atoms with E-state index >= 15 is 0 Å². The molecule has 2 bridgehead atoms. The molecule has 0 saturated heterocycles. The third kappa shape index (κ3) is 6.62. The summed E-state index contributed by atoms with van der Waals surface area (Å²) in [6, 6.07) is 16.4. The molecule has 234 valence electrons. The smallest absolute Gasteiger partial charge is 0.461 e. The number of pyridine rings is 1. The van der Waals surface area contributed by atoms with E-state index in [1.54, 1.807) is 37.3 Å². The van der Waals surface area contributed by atoms with Crippen LogP contribution in [0.3, 0.4) is 0 Å². The Labute approximate surface area is 257 Å². The highest BCUT2D eigenvalue weighted by atomic mass is 35.5. The average Bonchev–Trinajstić information content (AvgIpc) is 3.60. The molecule has 1 heterocycles. The van der Waals surface area contributed by atoms with Crippen LogP contribution in [0.1, 0.15) is 43.0 Å². The number of carbonyl (C=O) groups is 2. The van der Waals surface area contributed by atoms with Crippen molar-refractivity contribution >= 4 is 23.6 Å². The molecule has 2 fully saturated rings. The van der Waals surface area contributed by atoms with Crippen LogP contribution < -0.4 is 15.4 Å². The number of hydrogen-bond donors (Lipinski definition) is 2. The van der Waals surface area contributed by atoms with Crippen LogP contribution in [0.4, 0.5) is 22.4 Å². The first kappa shape index (κ1) is 31.6. The molecule has 1 aromatic heterocycles. The van der Waals surface area contributed by atoms with Gasteiger partial charge in [0.15, 0.2) is 0 Å². The van der Waals surface area contributed by atoms with Gasteiger partial charge in [0.2, 0.25) is 0 Å². The molecule has 7 nitrogen and oxygen atoms in total. The van der Waals surface area contributed by atoms with E-state index in [-0.39, 0.29) is 36.4 Å². The van der Waals surface area contributed by atoms with E-state index in [0.717, 1.165) is 30.9 Å². The zero-order valence-electron chi connectivity index (χ0n) is 23.8. The van der Waals surface area contributed by atoms with Crippen LogP contribution in [-0.2, 0) is 21.5 Å². The van der Waals surface area contributed by atoms with Crippen LogP contribution >= 0.6 is 11.6 Å². The topological polar surface area (TPSA) is 89.5 Å². The number of nitrogens with one attached hydrogen (secondary N) is 2. The Bertz CT molecular complexity index is 1460. The lowest BCUT2D eigenvalue weighted by Crippen LogP contribution is -2.57. The molecule has 2 aromatic carbocycles. The summed E-state index contributed by atoms with van der Waals surface area (Å²) in [7, 11) is 0. The Balaban J connectivity index is 1.56. The van der Waals surface area contributed by atoms with Crippen molar-refractivity contribution in [1.82, 2.24) is 15.6 Å². The third-order valence-corrected chi connectivity index (χ3v) is 8.63. The van der Waals surface area contributed by atoms with E-state index in [9.17, 15) is 27.2 Å². The minimum atomic E-state index is -4.74. The van der Waals surface area contributed by atoms with E-state index in [0.29, 0.717) is 10.7 Å². The number of fused-ring (bicyclic) bond motifs is 2. The second-order valence-electron chi connectivity index (χ2n) is 11.2. The summed E-state index contributed by atoms with van der Waals surface area (Å²) in [4.78, 5) is 31.3. The molecule has 0 spiro atoms. The van der Waals surface area contributed by atoms with Crippen LogP contribution in [-0.4, -0.2) is 42.2 Å². The van der Waals surface area contributed by atoms with Gasteiger partial charge in [-0.2, -0.15) is 17.6 Å². The first-order valence-corrected chi connectivity index (χ1v) is 14.8. The van der Waals surface area contributed by atoms with Crippen LogP contribution in [0.15, 0.2) is 72.9 Å². The number of esters is 1. The number of rotatable bonds is 11. The van der Waals surface area contributed by atoms with E-state index in [4.69, 9.17) is 16.3 Å². The summed E-state index contributed by atoms with van der Waals surface area (Å²) < 4.78 is 63.6. The lowest BCUT2D eigenvalue weighted by atomic mass is 9.80. The number of hydrogen-bond acceptors (Lipinski definition) is 5. The number of alkyl halides is 4. The molecule has 2 aliphatic rings. The van der Waals surface area contributed by atoms with Gasteiger partial charge in [-0.1, -0.05) is 54.1 Å². The van der Waals surface area contributed by atoms with Crippen molar-refractivity contribution in [3.05, 3.63) is 94.8 Å². The second-order valence-corrected chi connectivity index (χ2v) is 11.6. The SMILES string of the molecule is CCOC(=O)[C@@H]1[C@@H]2CC[C@@H](C2)[C@@H]1NC(=O)N[C@@](Cc1ccccc1)(c1cccc(OC(F)(F)C(F)F)c1)c1ccc(Cl)cn1. The van der Waals surface area contributed by atoms with Gasteiger partial charge in [0.25, 0.3) is 0 Å². The van der Waals surface area contributed by atoms with Gasteiger partial charge in [0.05, 0.1) is 23.2 Å². The van der Waals surface area contributed by atoms with E-state index in [2.05, 4.69) is 20.4 Å². The van der Waals surface area contributed by atoms with Crippen LogP contribution in [0.5, 0.6) is 5.75 Å². The van der Waals surface area contributed by atoms with Gasteiger partial charge in [0, 0.05) is 18.7 Å². The van der Waals surface area contributed by atoms with Crippen molar-refractivity contribution in [3.8, 4) is 5.75 Å². The van der Waals surface area contributed by atoms with Gasteiger partial charge in [-0.3, -0.25) is 9.78 Å². The highest BCUT2D eigenvalue weighted by Gasteiger charge is 2.52. The van der Waals surface area contributed by atoms with Gasteiger partial charge in [-0.25, -0.2) is 4.79 Å². The van der Waals surface area contributed by atoms with Gasteiger partial charge < -0.3 is 20.1 Å². The Morgan fingerprint density at radius 1 is 1.05 bits per heavy atom. The van der Waals surface area contributed by atoms with Crippen LogP contribution in [0.25, 0.3) is 0 Å². The van der Waals surface area contributed by atoms with Crippen molar-refractivity contribution in [2.75, 3.05) is 6.61 Å². The maximum absolute atomic E-state index is 13.9. The lowest BCUT2D eigenvalue weighted by molar-refractivity contribution is -0.253.